The van der Waals surface area contributed by atoms with Crippen LogP contribution >= 0.6 is 0 Å². The molecule has 4 rings (SSSR count). The number of carbonyl (C=O) groups excluding carboxylic acids is 1. The van der Waals surface area contributed by atoms with Crippen LogP contribution in [0.1, 0.15) is 12.0 Å². The Labute approximate surface area is 167 Å². The van der Waals surface area contributed by atoms with Crippen LogP contribution in [0.15, 0.2) is 54.6 Å². The summed E-state index contributed by atoms with van der Waals surface area (Å²) in [4.78, 5) is 35.2. The van der Waals surface area contributed by atoms with Gasteiger partial charge in [-0.15, -0.1) is 0 Å². The van der Waals surface area contributed by atoms with Crippen LogP contribution in [0.5, 0.6) is 0 Å². The largest absolute Gasteiger partial charge is 0.341 e. The smallest absolute Gasteiger partial charge is 0.276 e. The van der Waals surface area contributed by atoms with E-state index in [9.17, 15) is 14.9 Å². The van der Waals surface area contributed by atoms with Crippen LogP contribution in [0.4, 0.5) is 11.6 Å². The first-order valence-electron chi connectivity index (χ1n) is 9.52. The Bertz CT molecular complexity index is 1040. The highest BCUT2D eigenvalue weighted by Crippen LogP contribution is 2.20. The Kier molecular flexibility index (Phi) is 5.24. The second-order valence-electron chi connectivity index (χ2n) is 6.89. The number of para-hydroxylation sites is 3. The predicted molar refractivity (Wildman–Crippen MR) is 112 cm³/mol. The monoisotopic (exact) mass is 391 g/mol. The Morgan fingerprint density at radius 2 is 1.86 bits per heavy atom. The Hall–Kier alpha value is -3.68. The molecule has 1 aliphatic rings. The van der Waals surface area contributed by atoms with Crippen LogP contribution in [0.3, 0.4) is 0 Å². The van der Waals surface area contributed by atoms with Crippen LogP contribution < -0.4 is 4.90 Å². The number of nitro benzene ring substituents is 1. The molecule has 2 aromatic carbocycles. The third-order valence-electron chi connectivity index (χ3n) is 5.02. The molecule has 0 aliphatic carbocycles. The number of nitro groups is 1. The molecule has 1 saturated heterocycles. The average Bonchev–Trinajstić information content (AvgIpc) is 3.01. The lowest BCUT2D eigenvalue weighted by molar-refractivity contribution is -0.385. The molecule has 0 spiro atoms. The molecule has 0 unspecified atom stereocenters. The van der Waals surface area contributed by atoms with E-state index in [-0.39, 0.29) is 11.6 Å². The zero-order chi connectivity index (χ0) is 20.2. The molecular weight excluding hydrogens is 370 g/mol. The second-order valence-corrected chi connectivity index (χ2v) is 6.89. The van der Waals surface area contributed by atoms with Crippen molar-refractivity contribution in [1.82, 2.24) is 14.9 Å². The maximum Gasteiger partial charge on any atom is 0.276 e. The highest BCUT2D eigenvalue weighted by Gasteiger charge is 2.20. The first-order chi connectivity index (χ1) is 14.1. The number of anilines is 1. The Morgan fingerprint density at radius 3 is 2.69 bits per heavy atom. The summed E-state index contributed by atoms with van der Waals surface area (Å²) in [6, 6.07) is 14.3. The van der Waals surface area contributed by atoms with Gasteiger partial charge in [-0.25, -0.2) is 4.98 Å². The number of hydrogen-bond donors (Lipinski definition) is 1. The fourth-order valence-electron chi connectivity index (χ4n) is 3.50. The van der Waals surface area contributed by atoms with Crippen molar-refractivity contribution in [3.8, 4) is 0 Å². The van der Waals surface area contributed by atoms with Gasteiger partial charge in [-0.3, -0.25) is 14.9 Å². The summed E-state index contributed by atoms with van der Waals surface area (Å²) in [7, 11) is 0. The number of imidazole rings is 1. The SMILES string of the molecule is O=C(/C=C/c1ccccc1[N+](=O)[O-])N1CCCN(c2nc3ccccc3[nH]2)CC1. The standard InChI is InChI=1S/C21H21N5O3/c27-20(11-10-16-6-1-4-9-19(16)26(28)29)24-12-5-13-25(15-14-24)21-22-17-7-2-3-8-18(17)23-21/h1-4,6-11H,5,12-15H2,(H,22,23)/b11-10+. The molecule has 1 aliphatic heterocycles. The van der Waals surface area contributed by atoms with Crippen molar-refractivity contribution >= 4 is 34.7 Å². The zero-order valence-electron chi connectivity index (χ0n) is 15.8. The summed E-state index contributed by atoms with van der Waals surface area (Å²) < 4.78 is 0. The van der Waals surface area contributed by atoms with Gasteiger partial charge in [0.15, 0.2) is 0 Å². The molecular formula is C21H21N5O3. The number of H-pyrrole nitrogens is 1. The van der Waals surface area contributed by atoms with Crippen molar-refractivity contribution in [2.45, 2.75) is 6.42 Å². The Morgan fingerprint density at radius 1 is 1.07 bits per heavy atom. The maximum absolute atomic E-state index is 12.6. The number of fused-ring (bicyclic) bond motifs is 1. The number of nitrogens with one attached hydrogen (secondary N) is 1. The summed E-state index contributed by atoms with van der Waals surface area (Å²) in [5.41, 5.74) is 2.33. The molecule has 2 heterocycles. The number of amides is 1. The van der Waals surface area contributed by atoms with Crippen molar-refractivity contribution in [3.05, 3.63) is 70.3 Å². The van der Waals surface area contributed by atoms with E-state index in [0.717, 1.165) is 29.9 Å². The summed E-state index contributed by atoms with van der Waals surface area (Å²) in [5.74, 6) is 0.672. The van der Waals surface area contributed by atoms with E-state index in [2.05, 4.69) is 14.9 Å². The van der Waals surface area contributed by atoms with Crippen molar-refractivity contribution in [2.75, 3.05) is 31.1 Å². The van der Waals surface area contributed by atoms with Gasteiger partial charge in [0.2, 0.25) is 11.9 Å². The number of hydrogen-bond acceptors (Lipinski definition) is 5. The molecule has 1 fully saturated rings. The lowest BCUT2D eigenvalue weighted by Gasteiger charge is -2.20. The van der Waals surface area contributed by atoms with Gasteiger partial charge >= 0.3 is 0 Å². The van der Waals surface area contributed by atoms with Gasteiger partial charge in [-0.05, 0) is 30.7 Å². The van der Waals surface area contributed by atoms with Crippen molar-refractivity contribution in [1.29, 1.82) is 0 Å². The summed E-state index contributed by atoms with van der Waals surface area (Å²) in [6.45, 7) is 2.68. The van der Waals surface area contributed by atoms with Crippen LogP contribution in [0.2, 0.25) is 0 Å². The first-order valence-corrected chi connectivity index (χ1v) is 9.52. The van der Waals surface area contributed by atoms with E-state index in [1.54, 1.807) is 23.1 Å². The number of aromatic nitrogens is 2. The number of benzene rings is 2. The van der Waals surface area contributed by atoms with Gasteiger partial charge in [0.25, 0.3) is 5.69 Å². The van der Waals surface area contributed by atoms with E-state index < -0.39 is 4.92 Å². The quantitative estimate of drug-likeness (QED) is 0.419. The molecule has 1 amide bonds. The van der Waals surface area contributed by atoms with E-state index in [1.807, 2.05) is 24.3 Å². The zero-order valence-corrected chi connectivity index (χ0v) is 15.8. The number of aromatic amines is 1. The molecule has 148 valence electrons. The normalized spacial score (nSPS) is 15.0. The average molecular weight is 391 g/mol. The summed E-state index contributed by atoms with van der Waals surface area (Å²) in [5, 5.41) is 11.1. The van der Waals surface area contributed by atoms with Crippen LogP contribution in [-0.4, -0.2) is 51.9 Å². The number of nitrogens with zero attached hydrogens (tertiary/aromatic N) is 4. The number of rotatable bonds is 4. The van der Waals surface area contributed by atoms with Gasteiger partial charge in [0.05, 0.1) is 21.5 Å². The third kappa shape index (κ3) is 4.11. The minimum absolute atomic E-state index is 0.0107. The molecule has 1 aromatic heterocycles. The van der Waals surface area contributed by atoms with E-state index in [1.165, 1.54) is 18.2 Å². The van der Waals surface area contributed by atoms with Crippen LogP contribution in [-0.2, 0) is 4.79 Å². The first kappa shape index (κ1) is 18.7. The van der Waals surface area contributed by atoms with Crippen molar-refractivity contribution in [2.24, 2.45) is 0 Å². The van der Waals surface area contributed by atoms with E-state index in [4.69, 9.17) is 0 Å². The van der Waals surface area contributed by atoms with Crippen molar-refractivity contribution in [3.63, 3.8) is 0 Å². The highest BCUT2D eigenvalue weighted by atomic mass is 16.6. The second kappa shape index (κ2) is 8.14. The maximum atomic E-state index is 12.6. The topological polar surface area (TPSA) is 95.4 Å². The molecule has 29 heavy (non-hydrogen) atoms. The third-order valence-corrected chi connectivity index (χ3v) is 5.02. The predicted octanol–water partition coefficient (Wildman–Crippen LogP) is 3.22. The van der Waals surface area contributed by atoms with E-state index in [0.29, 0.717) is 25.2 Å². The molecule has 0 saturated carbocycles. The lowest BCUT2D eigenvalue weighted by atomic mass is 10.1. The molecule has 8 nitrogen and oxygen atoms in total. The van der Waals surface area contributed by atoms with Gasteiger partial charge in [-0.1, -0.05) is 24.3 Å². The van der Waals surface area contributed by atoms with Crippen LogP contribution in [0, 0.1) is 10.1 Å². The van der Waals surface area contributed by atoms with Crippen LogP contribution in [0.25, 0.3) is 17.1 Å². The van der Waals surface area contributed by atoms with Crippen molar-refractivity contribution < 1.29 is 9.72 Å². The molecule has 0 radical (unpaired) electrons. The van der Waals surface area contributed by atoms with Gasteiger partial charge < -0.3 is 14.8 Å². The minimum Gasteiger partial charge on any atom is -0.341 e. The summed E-state index contributed by atoms with van der Waals surface area (Å²) >= 11 is 0. The van der Waals surface area contributed by atoms with Gasteiger partial charge in [-0.2, -0.15) is 0 Å². The highest BCUT2D eigenvalue weighted by molar-refractivity contribution is 5.92. The fourth-order valence-corrected chi connectivity index (χ4v) is 3.50. The molecule has 8 heteroatoms. The number of carbonyl (C=O) groups is 1. The van der Waals surface area contributed by atoms with Gasteiger partial charge in [0, 0.05) is 38.3 Å². The minimum atomic E-state index is -0.443. The molecule has 3 aromatic rings. The van der Waals surface area contributed by atoms with E-state index >= 15 is 0 Å². The van der Waals surface area contributed by atoms with Gasteiger partial charge in [0.1, 0.15) is 0 Å². The molecule has 0 atom stereocenters. The summed E-state index contributed by atoms with van der Waals surface area (Å²) in [6.07, 6.45) is 3.75. The molecule has 0 bridgehead atoms. The molecule has 1 N–H and O–H groups in total. The Balaban J connectivity index is 1.43. The lowest BCUT2D eigenvalue weighted by Crippen LogP contribution is -2.34. The fraction of sp³-hybridized carbons (Fsp3) is 0.238.